The van der Waals surface area contributed by atoms with E-state index in [1.807, 2.05) is 43.2 Å². The monoisotopic (exact) mass is 390 g/mol. The van der Waals surface area contributed by atoms with Crippen LogP contribution in [0.1, 0.15) is 67.3 Å². The van der Waals surface area contributed by atoms with E-state index in [-0.39, 0.29) is 5.41 Å². The molecule has 1 heterocycles. The number of rotatable bonds is 2. The topological polar surface area (TPSA) is 62.8 Å². The van der Waals surface area contributed by atoms with Crippen molar-refractivity contribution in [3.8, 4) is 5.75 Å². The van der Waals surface area contributed by atoms with Gasteiger partial charge in [-0.15, -0.1) is 0 Å². The van der Waals surface area contributed by atoms with Gasteiger partial charge in [0.25, 0.3) is 0 Å². The zero-order valence-electron chi connectivity index (χ0n) is 17.6. The van der Waals surface area contributed by atoms with Gasteiger partial charge in [0.15, 0.2) is 0 Å². The smallest absolute Gasteiger partial charge is 0.115 e. The summed E-state index contributed by atoms with van der Waals surface area (Å²) in [6, 6.07) is 6.02. The van der Waals surface area contributed by atoms with Gasteiger partial charge in [-0.3, -0.25) is 4.68 Å². The number of hydrogen-bond acceptors (Lipinski definition) is 4. The van der Waals surface area contributed by atoms with Gasteiger partial charge in [0.2, 0.25) is 0 Å². The fourth-order valence-electron chi connectivity index (χ4n) is 6.43. The highest BCUT2D eigenvalue weighted by Crippen LogP contribution is 2.60. The van der Waals surface area contributed by atoms with Crippen LogP contribution in [0.4, 0.5) is 0 Å². The minimum atomic E-state index is 0.177. The Balaban J connectivity index is 1.39. The summed E-state index contributed by atoms with van der Waals surface area (Å²) in [4.78, 5) is 0. The predicted molar refractivity (Wildman–Crippen MR) is 116 cm³/mol. The minimum Gasteiger partial charge on any atom is -0.508 e. The Morgan fingerprint density at radius 3 is 2.90 bits per heavy atom. The molecule has 0 radical (unpaired) electrons. The van der Waals surface area contributed by atoms with E-state index in [1.165, 1.54) is 42.5 Å². The largest absolute Gasteiger partial charge is 0.508 e. The molecule has 5 rings (SSSR count). The zero-order valence-corrected chi connectivity index (χ0v) is 17.6. The first-order chi connectivity index (χ1) is 14.0. The molecule has 29 heavy (non-hydrogen) atoms. The molecule has 2 fully saturated rings. The lowest BCUT2D eigenvalue weighted by molar-refractivity contribution is 0.0955. The second-order valence-corrected chi connectivity index (χ2v) is 9.43. The lowest BCUT2D eigenvalue weighted by Crippen LogP contribution is -2.42. The standard InChI is InChI=1S/C24H30N4O/c1-15-17(14-28(3)27-15)13-25-26-23-9-8-22-21-6-4-16-12-18(29)5-7-19(16)20(21)10-11-24(22,23)2/h5,7,12-14,20-22,29H,4,6,8-11H2,1-3H3/b25-13+,26-23+/t20?,21?,22?,24-/m0/s1. The van der Waals surface area contributed by atoms with Gasteiger partial charge in [0, 0.05) is 29.9 Å². The summed E-state index contributed by atoms with van der Waals surface area (Å²) in [6.45, 7) is 4.43. The van der Waals surface area contributed by atoms with Crippen molar-refractivity contribution in [2.24, 2.45) is 34.5 Å². The van der Waals surface area contributed by atoms with Crippen LogP contribution in [0.5, 0.6) is 5.75 Å². The molecule has 0 aliphatic heterocycles. The molecular formula is C24H30N4O. The Bertz CT molecular complexity index is 1000. The Morgan fingerprint density at radius 1 is 1.24 bits per heavy atom. The highest BCUT2D eigenvalue weighted by Gasteiger charge is 2.53. The summed E-state index contributed by atoms with van der Waals surface area (Å²) in [6.07, 6.45) is 10.8. The maximum atomic E-state index is 9.86. The Labute approximate surface area is 172 Å². The lowest BCUT2D eigenvalue weighted by atomic mass is 9.55. The van der Waals surface area contributed by atoms with E-state index in [4.69, 9.17) is 5.10 Å². The molecule has 3 unspecified atom stereocenters. The van der Waals surface area contributed by atoms with Gasteiger partial charge < -0.3 is 5.11 Å². The van der Waals surface area contributed by atoms with Crippen molar-refractivity contribution >= 4 is 11.9 Å². The first-order valence-corrected chi connectivity index (χ1v) is 10.9. The molecule has 2 aromatic rings. The average molecular weight is 391 g/mol. The quantitative estimate of drug-likeness (QED) is 0.593. The van der Waals surface area contributed by atoms with Crippen LogP contribution in [0.15, 0.2) is 34.6 Å². The van der Waals surface area contributed by atoms with Gasteiger partial charge in [-0.25, -0.2) is 0 Å². The van der Waals surface area contributed by atoms with Crippen LogP contribution in [-0.4, -0.2) is 26.8 Å². The Morgan fingerprint density at radius 2 is 2.10 bits per heavy atom. The maximum Gasteiger partial charge on any atom is 0.115 e. The SMILES string of the molecule is Cc1nn(C)cc1/C=N/N=C1\CCC2C3CCc4cc(O)ccc4C3CC[C@]12C. The molecule has 3 aliphatic carbocycles. The molecule has 0 bridgehead atoms. The Kier molecular flexibility index (Phi) is 4.37. The number of fused-ring (bicyclic) bond motifs is 5. The van der Waals surface area contributed by atoms with Crippen LogP contribution >= 0.6 is 0 Å². The van der Waals surface area contributed by atoms with E-state index in [2.05, 4.69) is 23.2 Å². The molecule has 0 spiro atoms. The summed E-state index contributed by atoms with van der Waals surface area (Å²) in [5.74, 6) is 2.46. The van der Waals surface area contributed by atoms with Gasteiger partial charge in [0.05, 0.1) is 11.9 Å². The molecule has 1 aromatic heterocycles. The van der Waals surface area contributed by atoms with E-state index >= 15 is 0 Å². The summed E-state index contributed by atoms with van der Waals surface area (Å²) >= 11 is 0. The summed E-state index contributed by atoms with van der Waals surface area (Å²) in [7, 11) is 1.93. The van der Waals surface area contributed by atoms with Crippen LogP contribution in [0.3, 0.4) is 0 Å². The fourth-order valence-corrected chi connectivity index (χ4v) is 6.43. The van der Waals surface area contributed by atoms with Gasteiger partial charge in [-0.1, -0.05) is 13.0 Å². The maximum absolute atomic E-state index is 9.86. The van der Waals surface area contributed by atoms with Gasteiger partial charge in [0.1, 0.15) is 5.75 Å². The molecule has 5 nitrogen and oxygen atoms in total. The highest BCUT2D eigenvalue weighted by molar-refractivity contribution is 5.93. The molecular weight excluding hydrogens is 360 g/mol. The normalized spacial score (nSPS) is 32.4. The molecule has 3 aliphatic rings. The summed E-state index contributed by atoms with van der Waals surface area (Å²) in [5.41, 5.74) is 6.33. The first kappa shape index (κ1) is 18.6. The van der Waals surface area contributed by atoms with Crippen LogP contribution in [0, 0.1) is 24.2 Å². The van der Waals surface area contributed by atoms with E-state index in [1.54, 1.807) is 0 Å². The van der Waals surface area contributed by atoms with Crippen molar-refractivity contribution in [2.75, 3.05) is 0 Å². The third kappa shape index (κ3) is 3.02. The van der Waals surface area contributed by atoms with Crippen LogP contribution in [0.2, 0.25) is 0 Å². The minimum absolute atomic E-state index is 0.177. The van der Waals surface area contributed by atoms with Crippen molar-refractivity contribution in [1.29, 1.82) is 0 Å². The molecule has 0 amide bonds. The van der Waals surface area contributed by atoms with E-state index < -0.39 is 0 Å². The number of nitrogens with zero attached hydrogens (tertiary/aromatic N) is 4. The van der Waals surface area contributed by atoms with Gasteiger partial charge >= 0.3 is 0 Å². The van der Waals surface area contributed by atoms with Crippen molar-refractivity contribution in [2.45, 2.75) is 58.3 Å². The molecule has 2 saturated carbocycles. The lowest BCUT2D eigenvalue weighted by Gasteiger charge is -2.49. The first-order valence-electron chi connectivity index (χ1n) is 10.9. The third-order valence-electron chi connectivity index (χ3n) is 7.88. The number of phenols is 1. The third-order valence-corrected chi connectivity index (χ3v) is 7.88. The van der Waals surface area contributed by atoms with Crippen molar-refractivity contribution in [3.63, 3.8) is 0 Å². The van der Waals surface area contributed by atoms with Crippen LogP contribution < -0.4 is 0 Å². The molecule has 1 N–H and O–H groups in total. The second-order valence-electron chi connectivity index (χ2n) is 9.43. The molecule has 4 atom stereocenters. The number of aromatic hydroxyl groups is 1. The van der Waals surface area contributed by atoms with Crippen molar-refractivity contribution in [1.82, 2.24) is 9.78 Å². The molecule has 0 saturated heterocycles. The van der Waals surface area contributed by atoms with E-state index in [0.717, 1.165) is 30.0 Å². The molecule has 1 aromatic carbocycles. The van der Waals surface area contributed by atoms with Crippen molar-refractivity contribution in [3.05, 3.63) is 46.8 Å². The number of aromatic nitrogens is 2. The van der Waals surface area contributed by atoms with Gasteiger partial charge in [-0.2, -0.15) is 15.3 Å². The highest BCUT2D eigenvalue weighted by atomic mass is 16.3. The number of benzene rings is 1. The number of phenolic OH excluding ortho intramolecular Hbond substituents is 1. The van der Waals surface area contributed by atoms with Crippen LogP contribution in [0.25, 0.3) is 0 Å². The zero-order chi connectivity index (χ0) is 20.2. The van der Waals surface area contributed by atoms with Crippen molar-refractivity contribution < 1.29 is 5.11 Å². The molecule has 5 heteroatoms. The number of hydrogen-bond donors (Lipinski definition) is 1. The van der Waals surface area contributed by atoms with E-state index in [9.17, 15) is 5.11 Å². The number of aryl methyl sites for hydroxylation is 3. The van der Waals surface area contributed by atoms with Crippen LogP contribution in [-0.2, 0) is 13.5 Å². The summed E-state index contributed by atoms with van der Waals surface area (Å²) in [5, 5.41) is 23.4. The fraction of sp³-hybridized carbons (Fsp3) is 0.542. The average Bonchev–Trinajstić information content (AvgIpc) is 3.19. The van der Waals surface area contributed by atoms with Gasteiger partial charge in [-0.05, 0) is 86.5 Å². The van der Waals surface area contributed by atoms with E-state index in [0.29, 0.717) is 17.6 Å². The Hall–Kier alpha value is -2.43. The molecule has 152 valence electrons. The second kappa shape index (κ2) is 6.82. The summed E-state index contributed by atoms with van der Waals surface area (Å²) < 4.78 is 1.82. The predicted octanol–water partition coefficient (Wildman–Crippen LogP) is 4.77.